The third kappa shape index (κ3) is 4.03. The Labute approximate surface area is 258 Å². The molecule has 0 aliphatic carbocycles. The zero-order valence-electron chi connectivity index (χ0n) is 21.2. The smallest absolute Gasteiger partial charge is 0.274 e. The van der Waals surface area contributed by atoms with Gasteiger partial charge in [-0.25, -0.2) is 13.9 Å². The van der Waals surface area contributed by atoms with Gasteiger partial charge in [0.1, 0.15) is 0 Å². The molecule has 0 unspecified atom stereocenters. The van der Waals surface area contributed by atoms with Crippen molar-refractivity contribution in [1.82, 2.24) is 18.3 Å². The van der Waals surface area contributed by atoms with Gasteiger partial charge in [0, 0.05) is 11.4 Å². The van der Waals surface area contributed by atoms with Gasteiger partial charge < -0.3 is 0 Å². The highest BCUT2D eigenvalue weighted by atomic mass is 32.3. The van der Waals surface area contributed by atoms with E-state index in [4.69, 9.17) is 12.2 Å². The van der Waals surface area contributed by atoms with Crippen molar-refractivity contribution in [3.8, 4) is 22.7 Å². The summed E-state index contributed by atoms with van der Waals surface area (Å²) in [5.41, 5.74) is 3.68. The molecule has 0 atom stereocenters. The molecule has 2 aromatic heterocycles. The van der Waals surface area contributed by atoms with Crippen molar-refractivity contribution < 1.29 is 2.10 Å². The Morgan fingerprint density at radius 1 is 0.439 bits per heavy atom. The van der Waals surface area contributed by atoms with Gasteiger partial charge in [-0.05, 0) is 60.7 Å². The summed E-state index contributed by atoms with van der Waals surface area (Å²) < 4.78 is 9.24. The van der Waals surface area contributed by atoms with Crippen LogP contribution in [0.15, 0.2) is 146 Å². The molecular weight excluding hydrogens is 607 g/mol. The van der Waals surface area contributed by atoms with Crippen LogP contribution in [0.25, 0.3) is 22.7 Å². The lowest BCUT2D eigenvalue weighted by Gasteiger charge is -2.18. The second-order valence-corrected chi connectivity index (χ2v) is 15.5. The third-order valence-corrected chi connectivity index (χ3v) is 13.2. The number of aromatic nitrogens is 4. The molecule has 0 fully saturated rings. The van der Waals surface area contributed by atoms with Crippen LogP contribution in [0, 0.1) is 4.77 Å². The standard InChI is InChI=1S/C30H20N5OS5/c36-29-31(21-13-5-1-6-14-21)25-26(32(29)22-15-7-2-8-16-22)39-35(38-25)40-27-28(41-35)34(24-19-11-4-12-20-24)30(37)33(27)23-17-9-3-10-18-23/h1-20H/q+1. The first kappa shape index (κ1) is 25.4. The summed E-state index contributed by atoms with van der Waals surface area (Å²) >= 11 is 12.9. The van der Waals surface area contributed by atoms with Gasteiger partial charge in [0.05, 0.1) is 11.4 Å². The lowest BCUT2D eigenvalue weighted by Crippen LogP contribution is -2.24. The number of rotatable bonds is 4. The predicted molar refractivity (Wildman–Crippen MR) is 171 cm³/mol. The highest BCUT2D eigenvalue weighted by Crippen LogP contribution is 2.71. The summed E-state index contributed by atoms with van der Waals surface area (Å²) in [7, 11) is 0. The minimum atomic E-state index is -0.0713. The van der Waals surface area contributed by atoms with Gasteiger partial charge in [-0.3, -0.25) is 9.13 Å². The van der Waals surface area contributed by atoms with Crippen molar-refractivity contribution in [2.75, 3.05) is 0 Å². The van der Waals surface area contributed by atoms with Crippen molar-refractivity contribution >= 4 is 60.0 Å². The molecule has 0 N–H and O–H groups in total. The topological polar surface area (TPSA) is 36.8 Å². The molecule has 4 aromatic carbocycles. The second-order valence-electron chi connectivity index (χ2n) is 9.28. The van der Waals surface area contributed by atoms with E-state index in [0.717, 1.165) is 47.6 Å². The highest BCUT2D eigenvalue weighted by molar-refractivity contribution is 8.31. The van der Waals surface area contributed by atoms with Crippen LogP contribution in [0.5, 0.6) is 0 Å². The Balaban J connectivity index is 1.30. The molecule has 41 heavy (non-hydrogen) atoms. The Hall–Kier alpha value is -3.32. The minimum absolute atomic E-state index is 0.0713. The van der Waals surface area contributed by atoms with Crippen molar-refractivity contribution in [3.63, 3.8) is 0 Å². The number of fused-ring (bicyclic) bond motifs is 2. The maximum absolute atomic E-state index is 14.0. The first-order chi connectivity index (χ1) is 20.1. The van der Waals surface area contributed by atoms with Gasteiger partial charge >= 0.3 is 5.69 Å². The third-order valence-electron chi connectivity index (χ3n) is 6.79. The summed E-state index contributed by atoms with van der Waals surface area (Å²) in [5, 5.41) is 4.02. The fraction of sp³-hybridized carbons (Fsp3) is 0. The maximum Gasteiger partial charge on any atom is 0.339 e. The van der Waals surface area contributed by atoms with E-state index < -0.39 is 0 Å². The molecule has 8 rings (SSSR count). The van der Waals surface area contributed by atoms with Gasteiger partial charge in [0.2, 0.25) is 0 Å². The van der Waals surface area contributed by atoms with Crippen molar-refractivity contribution in [2.24, 2.45) is 0 Å². The normalized spacial score (nSPS) is 14.8. The number of hydrogen-bond acceptors (Lipinski definition) is 6. The Bertz CT molecular complexity index is 1740. The first-order valence-corrected chi connectivity index (χ1v) is 16.3. The van der Waals surface area contributed by atoms with E-state index in [1.54, 1.807) is 47.8 Å². The van der Waals surface area contributed by atoms with Crippen LogP contribution in [0.2, 0.25) is 0 Å². The van der Waals surface area contributed by atoms with Crippen molar-refractivity contribution in [2.45, 2.75) is 20.1 Å². The quantitative estimate of drug-likeness (QED) is 0.111. The van der Waals surface area contributed by atoms with Gasteiger partial charge in [-0.1, -0.05) is 74.9 Å². The van der Waals surface area contributed by atoms with Gasteiger partial charge in [0.25, 0.3) is 0 Å². The molecule has 2 aliphatic rings. The Morgan fingerprint density at radius 3 is 1.02 bits per heavy atom. The van der Waals surface area contributed by atoms with Crippen molar-refractivity contribution in [3.05, 3.63) is 137 Å². The van der Waals surface area contributed by atoms with Gasteiger partial charge in [0.15, 0.2) is 72.7 Å². The summed E-state index contributed by atoms with van der Waals surface area (Å²) in [4.78, 5) is 14.0. The molecule has 0 saturated heterocycles. The monoisotopic (exact) mass is 626 g/mol. The number of hydrogen-bond donors (Lipinski definition) is 0. The Kier molecular flexibility index (Phi) is 6.13. The van der Waals surface area contributed by atoms with Crippen LogP contribution in [-0.2, 0) is 0 Å². The average Bonchev–Trinajstić information content (AvgIpc) is 3.69. The fourth-order valence-electron chi connectivity index (χ4n) is 5.00. The van der Waals surface area contributed by atoms with Crippen LogP contribution < -0.4 is 5.69 Å². The molecule has 2 aliphatic heterocycles. The van der Waals surface area contributed by atoms with E-state index >= 15 is 0 Å². The summed E-state index contributed by atoms with van der Waals surface area (Å²) in [6.45, 7) is 0. The summed E-state index contributed by atoms with van der Waals surface area (Å²) in [6, 6.07) is 40.3. The largest absolute Gasteiger partial charge is 0.339 e. The molecule has 200 valence electrons. The van der Waals surface area contributed by atoms with E-state index in [1.807, 2.05) is 106 Å². The molecule has 6 aromatic rings. The lowest BCUT2D eigenvalue weighted by molar-refractivity contribution is -0.268. The Morgan fingerprint density at radius 2 is 0.707 bits per heavy atom. The molecule has 1 spiro atoms. The molecule has 6 nitrogen and oxygen atoms in total. The van der Waals surface area contributed by atoms with Crippen LogP contribution in [-0.4, -0.2) is 20.4 Å². The summed E-state index contributed by atoms with van der Waals surface area (Å²) in [6.07, 6.45) is 0. The minimum Gasteiger partial charge on any atom is -0.274 e. The highest BCUT2D eigenvalue weighted by Gasteiger charge is 2.58. The SMILES string of the molecule is O=c1n(-c2ccccc2)c2c(n1-c1ccccc1)S[N+]1(S2)Sc2c(n(-c3ccccc3)c(=S)n2-c2ccccc2)S1. The van der Waals surface area contributed by atoms with E-state index in [2.05, 4.69) is 33.4 Å². The molecule has 4 heterocycles. The zero-order chi connectivity index (χ0) is 27.6. The molecule has 11 heteroatoms. The molecule has 0 bridgehead atoms. The predicted octanol–water partition coefficient (Wildman–Crippen LogP) is 8.51. The zero-order valence-corrected chi connectivity index (χ0v) is 25.3. The number of nitrogens with zero attached hydrogens (tertiary/aromatic N) is 5. The van der Waals surface area contributed by atoms with Crippen LogP contribution in [0.1, 0.15) is 0 Å². The van der Waals surface area contributed by atoms with E-state index in [-0.39, 0.29) is 5.69 Å². The van der Waals surface area contributed by atoms with Crippen LogP contribution in [0.4, 0.5) is 0 Å². The van der Waals surface area contributed by atoms with Crippen LogP contribution in [0.3, 0.4) is 0 Å². The van der Waals surface area contributed by atoms with E-state index in [1.165, 1.54) is 0 Å². The number of benzene rings is 4. The molecule has 0 amide bonds. The van der Waals surface area contributed by atoms with Crippen molar-refractivity contribution in [1.29, 1.82) is 0 Å². The maximum atomic E-state index is 14.0. The van der Waals surface area contributed by atoms with E-state index in [0.29, 0.717) is 2.10 Å². The van der Waals surface area contributed by atoms with E-state index in [9.17, 15) is 4.79 Å². The molecule has 0 radical (unpaired) electrons. The number of quaternary nitrogens is 1. The second kappa shape index (κ2) is 9.90. The fourth-order valence-corrected chi connectivity index (χ4v) is 12.0. The van der Waals surface area contributed by atoms with Crippen LogP contribution >= 0.6 is 60.0 Å². The lowest BCUT2D eigenvalue weighted by atomic mass is 10.3. The van der Waals surface area contributed by atoms with Gasteiger partial charge in [-0.15, -0.1) is 0 Å². The summed E-state index contributed by atoms with van der Waals surface area (Å²) in [5.74, 6) is 0. The molecule has 0 saturated carbocycles. The van der Waals surface area contributed by atoms with Gasteiger partial charge in [-0.2, -0.15) is 0 Å². The first-order valence-electron chi connectivity index (χ1n) is 12.8. The average molecular weight is 627 g/mol. The number of para-hydroxylation sites is 4. The number of imidazole rings is 2. The molecular formula is C30H20N5OS5+.